The lowest BCUT2D eigenvalue weighted by Gasteiger charge is -2.53. The summed E-state index contributed by atoms with van der Waals surface area (Å²) in [4.78, 5) is 18.0. The van der Waals surface area contributed by atoms with Gasteiger partial charge in [0.2, 0.25) is 5.88 Å². The van der Waals surface area contributed by atoms with Gasteiger partial charge in [0.05, 0.1) is 24.4 Å². The Labute approximate surface area is 248 Å². The minimum Gasteiger partial charge on any atom is -0.474 e. The van der Waals surface area contributed by atoms with Gasteiger partial charge in [-0.1, -0.05) is 14.4 Å². The van der Waals surface area contributed by atoms with Gasteiger partial charge in [0.1, 0.15) is 29.3 Å². The summed E-state index contributed by atoms with van der Waals surface area (Å²) in [7, 11) is 0. The van der Waals surface area contributed by atoms with Gasteiger partial charge < -0.3 is 15.0 Å². The number of hydrogen-bond donors (Lipinski definition) is 2. The number of nitriles is 1. The largest absolute Gasteiger partial charge is 0.474 e. The van der Waals surface area contributed by atoms with Crippen molar-refractivity contribution in [2.24, 2.45) is 0 Å². The molecule has 0 radical (unpaired) electrons. The number of aromatic nitrogens is 6. The number of H-pyrrole nitrogens is 1. The van der Waals surface area contributed by atoms with E-state index in [1.165, 1.54) is 6.33 Å². The standard InChI is InChI=1S/C29H32F3N9O.CH4/c1-2-34-13-19-11-24(29(30,31)32)39-25(12-19)42-22-5-3-21(4-6-22)40-16-28(17-40,8-9-33)41-15-20(14-38-41)26-23-7-10-35-27(23)37-18-36-26;/h7,10-12,14-15,18,21-22,34H,2-6,8,13,16-17H2,1H3,(H,35,36,37);1H4. The first-order chi connectivity index (χ1) is 20.3. The van der Waals surface area contributed by atoms with Crippen LogP contribution >= 0.6 is 0 Å². The molecular formula is C30H36F3N9O. The summed E-state index contributed by atoms with van der Waals surface area (Å²) in [6.07, 6.45) is 5.84. The van der Waals surface area contributed by atoms with Crippen LogP contribution in [0, 0.1) is 11.3 Å². The van der Waals surface area contributed by atoms with E-state index in [9.17, 15) is 18.4 Å². The number of hydrogen-bond acceptors (Lipinski definition) is 8. The molecule has 0 bridgehead atoms. The Hall–Kier alpha value is -4.02. The molecule has 2 N–H and O–H groups in total. The maximum absolute atomic E-state index is 13.4. The molecule has 228 valence electrons. The Morgan fingerprint density at radius 2 is 1.98 bits per heavy atom. The Morgan fingerprint density at radius 3 is 2.70 bits per heavy atom. The Balaban J connectivity index is 0.00000368. The highest BCUT2D eigenvalue weighted by molar-refractivity contribution is 5.90. The molecule has 0 unspecified atom stereocenters. The summed E-state index contributed by atoms with van der Waals surface area (Å²) >= 11 is 0. The van der Waals surface area contributed by atoms with Crippen LogP contribution < -0.4 is 10.1 Å². The third-order valence-corrected chi connectivity index (χ3v) is 8.28. The average molecular weight is 596 g/mol. The third-order valence-electron chi connectivity index (χ3n) is 8.28. The van der Waals surface area contributed by atoms with Crippen LogP contribution in [0.3, 0.4) is 0 Å². The number of alkyl halides is 3. The monoisotopic (exact) mass is 595 g/mol. The first-order valence-electron chi connectivity index (χ1n) is 14.2. The highest BCUT2D eigenvalue weighted by atomic mass is 19.4. The van der Waals surface area contributed by atoms with Crippen molar-refractivity contribution in [2.75, 3.05) is 19.6 Å². The SMILES string of the molecule is C.CCNCc1cc(OC2CCC(N3CC(CC#N)(n4cc(-c5ncnc6[nH]ccc56)cn4)C3)CC2)nc(C(F)(F)F)c1. The molecule has 0 atom stereocenters. The Morgan fingerprint density at radius 1 is 1.19 bits per heavy atom. The van der Waals surface area contributed by atoms with Gasteiger partial charge >= 0.3 is 6.18 Å². The summed E-state index contributed by atoms with van der Waals surface area (Å²) in [6.45, 7) is 4.26. The van der Waals surface area contributed by atoms with E-state index >= 15 is 0 Å². The van der Waals surface area contributed by atoms with Gasteiger partial charge in [-0.15, -0.1) is 0 Å². The molecule has 0 amide bonds. The van der Waals surface area contributed by atoms with Crippen LogP contribution in [-0.4, -0.2) is 66.4 Å². The van der Waals surface area contributed by atoms with E-state index in [1.807, 2.05) is 30.1 Å². The van der Waals surface area contributed by atoms with Gasteiger partial charge in [0.15, 0.2) is 0 Å². The van der Waals surface area contributed by atoms with Crippen LogP contribution in [0.25, 0.3) is 22.3 Å². The predicted octanol–water partition coefficient (Wildman–Crippen LogP) is 5.30. The molecular weight excluding hydrogens is 559 g/mol. The quantitative estimate of drug-likeness (QED) is 0.268. The molecule has 5 heterocycles. The molecule has 10 nitrogen and oxygen atoms in total. The number of likely N-dealkylation sites (tertiary alicyclic amines) is 1. The fourth-order valence-electron chi connectivity index (χ4n) is 6.09. The van der Waals surface area contributed by atoms with Gasteiger partial charge in [-0.25, -0.2) is 15.0 Å². The van der Waals surface area contributed by atoms with Crippen LogP contribution in [0.1, 0.15) is 57.7 Å². The second-order valence-corrected chi connectivity index (χ2v) is 11.1. The van der Waals surface area contributed by atoms with Crippen molar-refractivity contribution in [1.82, 2.24) is 39.9 Å². The first-order valence-corrected chi connectivity index (χ1v) is 14.2. The van der Waals surface area contributed by atoms with Crippen molar-refractivity contribution in [1.29, 1.82) is 5.26 Å². The van der Waals surface area contributed by atoms with E-state index in [0.29, 0.717) is 44.2 Å². The van der Waals surface area contributed by atoms with E-state index in [-0.39, 0.29) is 19.4 Å². The summed E-state index contributed by atoms with van der Waals surface area (Å²) in [5.74, 6) is 0.0215. The highest BCUT2D eigenvalue weighted by Gasteiger charge is 2.48. The summed E-state index contributed by atoms with van der Waals surface area (Å²) in [5, 5.41) is 18.3. The number of pyridine rings is 1. The van der Waals surface area contributed by atoms with Crippen molar-refractivity contribution in [3.63, 3.8) is 0 Å². The van der Waals surface area contributed by atoms with E-state index in [1.54, 1.807) is 12.3 Å². The van der Waals surface area contributed by atoms with Gasteiger partial charge in [-0.05, 0) is 49.9 Å². The zero-order valence-electron chi connectivity index (χ0n) is 23.2. The van der Waals surface area contributed by atoms with E-state index < -0.39 is 17.4 Å². The zero-order chi connectivity index (χ0) is 29.3. The molecule has 1 aliphatic carbocycles. The van der Waals surface area contributed by atoms with Crippen LogP contribution in [0.4, 0.5) is 13.2 Å². The molecule has 0 aromatic carbocycles. The number of aromatic amines is 1. The minimum atomic E-state index is -4.54. The molecule has 4 aromatic rings. The number of halogens is 3. The summed E-state index contributed by atoms with van der Waals surface area (Å²) in [5.41, 5.74) is 1.55. The topological polar surface area (TPSA) is 121 Å². The molecule has 13 heteroatoms. The number of fused-ring (bicyclic) bond motifs is 1. The van der Waals surface area contributed by atoms with Gasteiger partial charge in [-0.3, -0.25) is 9.58 Å². The molecule has 43 heavy (non-hydrogen) atoms. The maximum Gasteiger partial charge on any atom is 0.433 e. The lowest BCUT2D eigenvalue weighted by atomic mass is 9.82. The van der Waals surface area contributed by atoms with Crippen molar-refractivity contribution >= 4 is 11.0 Å². The number of rotatable bonds is 9. The number of nitrogens with zero attached hydrogens (tertiary/aromatic N) is 7. The Kier molecular flexibility index (Phi) is 8.71. The number of nitrogens with one attached hydrogen (secondary N) is 2. The first kappa shape index (κ1) is 30.4. The molecule has 4 aromatic heterocycles. The lowest BCUT2D eigenvalue weighted by Crippen LogP contribution is -2.65. The summed E-state index contributed by atoms with van der Waals surface area (Å²) in [6, 6.07) is 7.25. The lowest BCUT2D eigenvalue weighted by molar-refractivity contribution is -0.141. The molecule has 1 saturated heterocycles. The molecule has 0 spiro atoms. The van der Waals surface area contributed by atoms with Crippen molar-refractivity contribution in [3.05, 3.63) is 54.4 Å². The number of ether oxygens (including phenoxy) is 1. The van der Waals surface area contributed by atoms with Gasteiger partial charge in [0.25, 0.3) is 0 Å². The van der Waals surface area contributed by atoms with Crippen LogP contribution in [0.15, 0.2) is 43.1 Å². The average Bonchev–Trinajstić information content (AvgIpc) is 3.64. The minimum absolute atomic E-state index is 0. The van der Waals surface area contributed by atoms with Crippen molar-refractivity contribution < 1.29 is 17.9 Å². The van der Waals surface area contributed by atoms with Crippen molar-refractivity contribution in [2.45, 2.75) is 76.9 Å². The smallest absolute Gasteiger partial charge is 0.433 e. The summed E-state index contributed by atoms with van der Waals surface area (Å²) < 4.78 is 48.2. The van der Waals surface area contributed by atoms with Crippen LogP contribution in [0.5, 0.6) is 5.88 Å². The van der Waals surface area contributed by atoms with Gasteiger partial charge in [-0.2, -0.15) is 23.5 Å². The van der Waals surface area contributed by atoms with E-state index in [4.69, 9.17) is 4.74 Å². The van der Waals surface area contributed by atoms with E-state index in [2.05, 4.69) is 41.3 Å². The Bertz CT molecular complexity index is 1580. The zero-order valence-corrected chi connectivity index (χ0v) is 23.2. The van der Waals surface area contributed by atoms with Crippen LogP contribution in [-0.2, 0) is 18.3 Å². The van der Waals surface area contributed by atoms with Crippen molar-refractivity contribution in [3.8, 4) is 23.2 Å². The molecule has 1 aliphatic heterocycles. The predicted molar refractivity (Wildman–Crippen MR) is 155 cm³/mol. The fraction of sp³-hybridized carbons (Fsp3) is 0.500. The molecule has 6 rings (SSSR count). The maximum atomic E-state index is 13.4. The van der Waals surface area contributed by atoms with Gasteiger partial charge in [0, 0.05) is 55.1 Å². The second kappa shape index (κ2) is 12.3. The third kappa shape index (κ3) is 6.21. The molecule has 2 fully saturated rings. The second-order valence-electron chi connectivity index (χ2n) is 11.1. The molecule has 1 saturated carbocycles. The van der Waals surface area contributed by atoms with E-state index in [0.717, 1.165) is 54.0 Å². The fourth-order valence-corrected chi connectivity index (χ4v) is 6.09. The van der Waals surface area contributed by atoms with Crippen LogP contribution in [0.2, 0.25) is 0 Å². The highest BCUT2D eigenvalue weighted by Crippen LogP contribution is 2.39. The normalized spacial score (nSPS) is 20.3. The molecule has 2 aliphatic rings.